The summed E-state index contributed by atoms with van der Waals surface area (Å²) in [6, 6.07) is 13.3. The molecule has 2 aromatic carbocycles. The van der Waals surface area contributed by atoms with Gasteiger partial charge in [-0.15, -0.1) is 0 Å². The number of phenols is 1. The Bertz CT molecular complexity index is 759. The van der Waals surface area contributed by atoms with Gasteiger partial charge in [0.15, 0.2) is 11.5 Å². The van der Waals surface area contributed by atoms with Crippen LogP contribution >= 0.6 is 11.6 Å². The number of para-hydroxylation sites is 1. The maximum absolute atomic E-state index is 10.5. The van der Waals surface area contributed by atoms with E-state index in [0.717, 1.165) is 29.7 Å². The molecule has 2 atom stereocenters. The van der Waals surface area contributed by atoms with Gasteiger partial charge in [0.1, 0.15) is 6.17 Å². The van der Waals surface area contributed by atoms with Crippen LogP contribution in [0.3, 0.4) is 0 Å². The van der Waals surface area contributed by atoms with E-state index in [1.807, 2.05) is 36.4 Å². The Morgan fingerprint density at radius 3 is 2.68 bits per heavy atom. The van der Waals surface area contributed by atoms with Crippen molar-refractivity contribution in [3.05, 3.63) is 58.6 Å². The Kier molecular flexibility index (Phi) is 5.61. The number of halogens is 1. The zero-order valence-electron chi connectivity index (χ0n) is 14.5. The summed E-state index contributed by atoms with van der Waals surface area (Å²) in [5.74, 6) is 0.678. The smallest absolute Gasteiger partial charge is 0.162 e. The summed E-state index contributed by atoms with van der Waals surface area (Å²) in [5.41, 5.74) is 2.93. The standard InChI is InChI=1S/C20H23ClN2O2/c1-3-5-19-22-16(13-8-10-14(21)11-9-13)12-17(23-19)15-6-4-7-18(25-2)20(15)24/h4,6-11,17,19,23-24H,3,5,12H2,1-2H3/t17-,19-/m0/s1. The molecule has 0 saturated carbocycles. The summed E-state index contributed by atoms with van der Waals surface area (Å²) >= 11 is 6.01. The molecule has 0 bridgehead atoms. The molecule has 0 unspecified atom stereocenters. The van der Waals surface area contributed by atoms with E-state index < -0.39 is 0 Å². The van der Waals surface area contributed by atoms with E-state index in [0.29, 0.717) is 17.2 Å². The van der Waals surface area contributed by atoms with Crippen LogP contribution in [0.25, 0.3) is 0 Å². The van der Waals surface area contributed by atoms with Crippen molar-refractivity contribution in [1.29, 1.82) is 0 Å². The summed E-state index contributed by atoms with van der Waals surface area (Å²) < 4.78 is 5.25. The zero-order valence-corrected chi connectivity index (χ0v) is 15.3. The third kappa shape index (κ3) is 3.97. The van der Waals surface area contributed by atoms with Crippen LogP contribution in [0.4, 0.5) is 0 Å². The molecular formula is C20H23ClN2O2. The van der Waals surface area contributed by atoms with Crippen molar-refractivity contribution in [3.8, 4) is 11.5 Å². The maximum Gasteiger partial charge on any atom is 0.162 e. The van der Waals surface area contributed by atoms with Crippen molar-refractivity contribution in [2.45, 2.75) is 38.4 Å². The van der Waals surface area contributed by atoms with Gasteiger partial charge in [0, 0.05) is 28.8 Å². The predicted molar refractivity (Wildman–Crippen MR) is 102 cm³/mol. The third-order valence-electron chi connectivity index (χ3n) is 4.47. The molecule has 25 heavy (non-hydrogen) atoms. The van der Waals surface area contributed by atoms with Gasteiger partial charge in [0.05, 0.1) is 7.11 Å². The number of aliphatic imine (C=N–C) groups is 1. The number of ether oxygens (including phenoxy) is 1. The average molecular weight is 359 g/mol. The van der Waals surface area contributed by atoms with Crippen LogP contribution < -0.4 is 10.1 Å². The fourth-order valence-electron chi connectivity index (χ4n) is 3.20. The molecule has 1 aliphatic heterocycles. The van der Waals surface area contributed by atoms with Gasteiger partial charge < -0.3 is 9.84 Å². The summed E-state index contributed by atoms with van der Waals surface area (Å²) in [7, 11) is 1.56. The number of hydrogen-bond acceptors (Lipinski definition) is 4. The highest BCUT2D eigenvalue weighted by Crippen LogP contribution is 2.37. The minimum atomic E-state index is -0.0187. The first-order valence-corrected chi connectivity index (χ1v) is 8.94. The van der Waals surface area contributed by atoms with Crippen LogP contribution in [-0.2, 0) is 0 Å². The molecule has 5 heteroatoms. The predicted octanol–water partition coefficient (Wildman–Crippen LogP) is 4.70. The van der Waals surface area contributed by atoms with Crippen molar-refractivity contribution in [3.63, 3.8) is 0 Å². The molecule has 0 aromatic heterocycles. The molecule has 132 valence electrons. The van der Waals surface area contributed by atoms with Gasteiger partial charge in [0.2, 0.25) is 0 Å². The SMILES string of the molecule is CCC[C@H]1N=C(c2ccc(Cl)cc2)C[C@@H](c2cccc(OC)c2O)N1. The lowest BCUT2D eigenvalue weighted by molar-refractivity contribution is 0.356. The second-order valence-electron chi connectivity index (χ2n) is 6.21. The molecule has 4 nitrogen and oxygen atoms in total. The molecule has 1 heterocycles. The highest BCUT2D eigenvalue weighted by molar-refractivity contribution is 6.30. The van der Waals surface area contributed by atoms with Gasteiger partial charge in [-0.25, -0.2) is 0 Å². The van der Waals surface area contributed by atoms with Gasteiger partial charge in [-0.1, -0.05) is 49.2 Å². The Morgan fingerprint density at radius 2 is 2.00 bits per heavy atom. The summed E-state index contributed by atoms with van der Waals surface area (Å²) in [5, 5.41) is 14.8. The highest BCUT2D eigenvalue weighted by Gasteiger charge is 2.27. The first kappa shape index (κ1) is 17.8. The Labute approximate surface area is 153 Å². The largest absolute Gasteiger partial charge is 0.504 e. The Morgan fingerprint density at radius 1 is 1.24 bits per heavy atom. The Hall–Kier alpha value is -2.04. The van der Waals surface area contributed by atoms with E-state index >= 15 is 0 Å². The van der Waals surface area contributed by atoms with Crippen molar-refractivity contribution < 1.29 is 9.84 Å². The molecule has 3 rings (SSSR count). The summed E-state index contributed by atoms with van der Waals surface area (Å²) in [4.78, 5) is 4.87. The van der Waals surface area contributed by atoms with Crippen molar-refractivity contribution in [2.75, 3.05) is 7.11 Å². The van der Waals surface area contributed by atoms with Gasteiger partial charge in [-0.3, -0.25) is 10.3 Å². The third-order valence-corrected chi connectivity index (χ3v) is 4.72. The van der Waals surface area contributed by atoms with E-state index in [1.165, 1.54) is 0 Å². The first-order valence-electron chi connectivity index (χ1n) is 8.57. The lowest BCUT2D eigenvalue weighted by atomic mass is 9.94. The van der Waals surface area contributed by atoms with E-state index in [4.69, 9.17) is 21.3 Å². The fraction of sp³-hybridized carbons (Fsp3) is 0.350. The molecular weight excluding hydrogens is 336 g/mol. The van der Waals surface area contributed by atoms with Gasteiger partial charge >= 0.3 is 0 Å². The van der Waals surface area contributed by atoms with Crippen LogP contribution in [0, 0.1) is 0 Å². The van der Waals surface area contributed by atoms with Crippen LogP contribution in [0.5, 0.6) is 11.5 Å². The maximum atomic E-state index is 10.5. The van der Waals surface area contributed by atoms with Crippen molar-refractivity contribution >= 4 is 17.3 Å². The van der Waals surface area contributed by atoms with Crippen LogP contribution in [0.2, 0.25) is 5.02 Å². The molecule has 0 amide bonds. The average Bonchev–Trinajstić information content (AvgIpc) is 2.62. The number of rotatable bonds is 5. The van der Waals surface area contributed by atoms with Crippen LogP contribution in [-0.4, -0.2) is 24.1 Å². The number of nitrogens with zero attached hydrogens (tertiary/aromatic N) is 1. The normalized spacial score (nSPS) is 20.2. The molecule has 2 aromatic rings. The fourth-order valence-corrected chi connectivity index (χ4v) is 3.33. The number of nitrogens with one attached hydrogen (secondary N) is 1. The molecule has 0 radical (unpaired) electrons. The number of aromatic hydroxyl groups is 1. The highest BCUT2D eigenvalue weighted by atomic mass is 35.5. The molecule has 0 aliphatic carbocycles. The second kappa shape index (κ2) is 7.89. The molecule has 0 fully saturated rings. The van der Waals surface area contributed by atoms with Gasteiger partial charge in [0.25, 0.3) is 0 Å². The van der Waals surface area contributed by atoms with Crippen LogP contribution in [0.1, 0.15) is 43.4 Å². The first-order chi connectivity index (χ1) is 12.1. The summed E-state index contributed by atoms with van der Waals surface area (Å²) in [6.45, 7) is 2.14. The second-order valence-corrected chi connectivity index (χ2v) is 6.65. The number of phenolic OH excluding ortho intramolecular Hbond substituents is 1. The number of methoxy groups -OCH3 is 1. The lowest BCUT2D eigenvalue weighted by Crippen LogP contribution is -2.38. The van der Waals surface area contributed by atoms with Crippen molar-refractivity contribution in [2.24, 2.45) is 4.99 Å². The van der Waals surface area contributed by atoms with E-state index in [1.54, 1.807) is 13.2 Å². The molecule has 1 aliphatic rings. The summed E-state index contributed by atoms with van der Waals surface area (Å²) in [6.07, 6.45) is 2.70. The van der Waals surface area contributed by atoms with Gasteiger partial charge in [-0.05, 0) is 30.2 Å². The lowest BCUT2D eigenvalue weighted by Gasteiger charge is -2.30. The molecule has 0 spiro atoms. The van der Waals surface area contributed by atoms with Crippen LogP contribution in [0.15, 0.2) is 47.5 Å². The quantitative estimate of drug-likeness (QED) is 0.814. The zero-order chi connectivity index (χ0) is 17.8. The topological polar surface area (TPSA) is 53.9 Å². The number of hydrogen-bond donors (Lipinski definition) is 2. The van der Waals surface area contributed by atoms with E-state index in [2.05, 4.69) is 12.2 Å². The Balaban J connectivity index is 1.94. The minimum Gasteiger partial charge on any atom is -0.504 e. The van der Waals surface area contributed by atoms with Crippen molar-refractivity contribution in [1.82, 2.24) is 5.32 Å². The molecule has 2 N–H and O–H groups in total. The van der Waals surface area contributed by atoms with E-state index in [9.17, 15) is 5.11 Å². The van der Waals surface area contributed by atoms with E-state index in [-0.39, 0.29) is 18.0 Å². The minimum absolute atomic E-state index is 0.0187. The number of benzene rings is 2. The molecule has 0 saturated heterocycles. The van der Waals surface area contributed by atoms with Gasteiger partial charge in [-0.2, -0.15) is 0 Å². The monoisotopic (exact) mass is 358 g/mol.